The molecule has 1 N–H and O–H groups in total. The van der Waals surface area contributed by atoms with Gasteiger partial charge in [0.15, 0.2) is 0 Å². The van der Waals surface area contributed by atoms with E-state index >= 15 is 0 Å². The standard InChI is InChI=1S/C15H19N5O3S2/c21-14-9-16-6-8-20(14)11-3-2-7-19(10-11)25(22,23)13-5-1-4-12-15(13)18-24-17-12/h1,4-5,11,16H,2-3,6-10H2. The van der Waals surface area contributed by atoms with E-state index in [-0.39, 0.29) is 16.8 Å². The van der Waals surface area contributed by atoms with Gasteiger partial charge in [0.1, 0.15) is 15.9 Å². The maximum absolute atomic E-state index is 13.2. The van der Waals surface area contributed by atoms with Crippen molar-refractivity contribution in [3.05, 3.63) is 18.2 Å². The molecule has 10 heteroatoms. The van der Waals surface area contributed by atoms with Crippen molar-refractivity contribution in [1.29, 1.82) is 0 Å². The Kier molecular flexibility index (Phi) is 4.44. The second-order valence-corrected chi connectivity index (χ2v) is 8.75. The summed E-state index contributed by atoms with van der Waals surface area (Å²) in [6.45, 7) is 2.50. The maximum Gasteiger partial charge on any atom is 0.245 e. The van der Waals surface area contributed by atoms with E-state index in [4.69, 9.17) is 0 Å². The molecule has 1 aromatic carbocycles. The normalized spacial score (nSPS) is 23.3. The first-order chi connectivity index (χ1) is 12.1. The number of piperidine rings is 1. The molecule has 25 heavy (non-hydrogen) atoms. The maximum atomic E-state index is 13.2. The van der Waals surface area contributed by atoms with E-state index in [1.54, 1.807) is 18.2 Å². The minimum atomic E-state index is -3.66. The smallest absolute Gasteiger partial charge is 0.245 e. The van der Waals surface area contributed by atoms with Gasteiger partial charge in [0.2, 0.25) is 15.9 Å². The van der Waals surface area contributed by atoms with Crippen LogP contribution in [0.2, 0.25) is 0 Å². The lowest BCUT2D eigenvalue weighted by atomic mass is 10.1. The van der Waals surface area contributed by atoms with Crippen LogP contribution in [0, 0.1) is 0 Å². The lowest BCUT2D eigenvalue weighted by molar-refractivity contribution is -0.135. The summed E-state index contributed by atoms with van der Waals surface area (Å²) in [6, 6.07) is 4.97. The Labute approximate surface area is 150 Å². The molecule has 1 atom stereocenters. The number of nitrogens with one attached hydrogen (secondary N) is 1. The largest absolute Gasteiger partial charge is 0.336 e. The van der Waals surface area contributed by atoms with Crippen molar-refractivity contribution in [2.45, 2.75) is 23.8 Å². The molecule has 8 nitrogen and oxygen atoms in total. The summed E-state index contributed by atoms with van der Waals surface area (Å²) in [5.74, 6) is 0.0429. The Morgan fingerprint density at radius 1 is 1.24 bits per heavy atom. The van der Waals surface area contributed by atoms with E-state index < -0.39 is 10.0 Å². The summed E-state index contributed by atoms with van der Waals surface area (Å²) < 4.78 is 36.1. The molecule has 0 radical (unpaired) electrons. The van der Waals surface area contributed by atoms with Crippen LogP contribution < -0.4 is 5.32 Å². The van der Waals surface area contributed by atoms with Gasteiger partial charge >= 0.3 is 0 Å². The number of sulfonamides is 1. The van der Waals surface area contributed by atoms with Crippen LogP contribution in [0.4, 0.5) is 0 Å². The van der Waals surface area contributed by atoms with Crippen molar-refractivity contribution in [3.8, 4) is 0 Å². The van der Waals surface area contributed by atoms with Crippen molar-refractivity contribution in [2.24, 2.45) is 0 Å². The second kappa shape index (κ2) is 6.60. The van der Waals surface area contributed by atoms with Gasteiger partial charge in [-0.15, -0.1) is 0 Å². The van der Waals surface area contributed by atoms with E-state index in [0.29, 0.717) is 37.2 Å². The molecular weight excluding hydrogens is 362 g/mol. The van der Waals surface area contributed by atoms with Crippen LogP contribution >= 0.6 is 11.7 Å². The van der Waals surface area contributed by atoms with Gasteiger partial charge in [-0.05, 0) is 25.0 Å². The highest BCUT2D eigenvalue weighted by Crippen LogP contribution is 2.27. The molecule has 2 aromatic rings. The predicted octanol–water partition coefficient (Wildman–Crippen LogP) is 0.276. The van der Waals surface area contributed by atoms with Crippen LogP contribution in [0.5, 0.6) is 0 Å². The highest BCUT2D eigenvalue weighted by Gasteiger charge is 2.36. The molecule has 0 saturated carbocycles. The fourth-order valence-corrected chi connectivity index (χ4v) is 5.80. The van der Waals surface area contributed by atoms with Crippen molar-refractivity contribution < 1.29 is 13.2 Å². The molecule has 2 fully saturated rings. The summed E-state index contributed by atoms with van der Waals surface area (Å²) in [5.41, 5.74) is 1.02. The fraction of sp³-hybridized carbons (Fsp3) is 0.533. The first kappa shape index (κ1) is 16.8. The van der Waals surface area contributed by atoms with Gasteiger partial charge < -0.3 is 10.2 Å². The topological polar surface area (TPSA) is 95.5 Å². The van der Waals surface area contributed by atoms with E-state index in [1.807, 2.05) is 4.90 Å². The number of carbonyl (C=O) groups is 1. The van der Waals surface area contributed by atoms with Gasteiger partial charge in [-0.3, -0.25) is 4.79 Å². The predicted molar refractivity (Wildman–Crippen MR) is 93.8 cm³/mol. The summed E-state index contributed by atoms with van der Waals surface area (Å²) in [4.78, 5) is 14.2. The van der Waals surface area contributed by atoms with Crippen molar-refractivity contribution >= 4 is 38.7 Å². The van der Waals surface area contributed by atoms with E-state index in [0.717, 1.165) is 31.1 Å². The third-order valence-electron chi connectivity index (χ3n) is 4.79. The van der Waals surface area contributed by atoms with Gasteiger partial charge in [0.25, 0.3) is 0 Å². The monoisotopic (exact) mass is 381 g/mol. The van der Waals surface area contributed by atoms with Crippen molar-refractivity contribution in [1.82, 2.24) is 23.3 Å². The van der Waals surface area contributed by atoms with Crippen LogP contribution in [0.1, 0.15) is 12.8 Å². The van der Waals surface area contributed by atoms with Crippen molar-refractivity contribution in [2.75, 3.05) is 32.7 Å². The molecule has 1 amide bonds. The van der Waals surface area contributed by atoms with Gasteiger partial charge in [0.05, 0.1) is 18.3 Å². The number of amides is 1. The summed E-state index contributed by atoms with van der Waals surface area (Å²) in [6.07, 6.45) is 1.58. The minimum Gasteiger partial charge on any atom is -0.336 e. The van der Waals surface area contributed by atoms with Crippen molar-refractivity contribution in [3.63, 3.8) is 0 Å². The summed E-state index contributed by atoms with van der Waals surface area (Å²) in [7, 11) is -3.66. The Bertz CT molecular complexity index is 897. The second-order valence-electron chi connectivity index (χ2n) is 6.31. The van der Waals surface area contributed by atoms with Gasteiger partial charge in [-0.2, -0.15) is 13.1 Å². The van der Waals surface area contributed by atoms with Gasteiger partial charge in [-0.1, -0.05) is 6.07 Å². The average Bonchev–Trinajstić information content (AvgIpc) is 3.11. The zero-order valence-electron chi connectivity index (χ0n) is 13.6. The summed E-state index contributed by atoms with van der Waals surface area (Å²) >= 11 is 1.01. The molecule has 0 bridgehead atoms. The number of carbonyl (C=O) groups excluding carboxylic acids is 1. The minimum absolute atomic E-state index is 0.0429. The highest BCUT2D eigenvalue weighted by molar-refractivity contribution is 7.89. The lowest BCUT2D eigenvalue weighted by Crippen LogP contribution is -2.57. The SMILES string of the molecule is O=C1CNCCN1C1CCCN(S(=O)(=O)c2cccc3nsnc23)C1. The molecule has 0 aliphatic carbocycles. The molecule has 3 heterocycles. The van der Waals surface area contributed by atoms with Crippen LogP contribution in [-0.2, 0) is 14.8 Å². The molecule has 134 valence electrons. The van der Waals surface area contributed by atoms with Crippen LogP contribution in [-0.4, -0.2) is 71.0 Å². The molecule has 2 aliphatic heterocycles. The number of rotatable bonds is 3. The third kappa shape index (κ3) is 3.03. The van der Waals surface area contributed by atoms with E-state index in [1.165, 1.54) is 4.31 Å². The Morgan fingerprint density at radius 3 is 2.96 bits per heavy atom. The Morgan fingerprint density at radius 2 is 2.12 bits per heavy atom. The highest BCUT2D eigenvalue weighted by atomic mass is 32.2. The lowest BCUT2D eigenvalue weighted by Gasteiger charge is -2.40. The van der Waals surface area contributed by atoms with Gasteiger partial charge in [0, 0.05) is 32.2 Å². The molecule has 2 saturated heterocycles. The molecule has 0 spiro atoms. The Balaban J connectivity index is 1.62. The van der Waals surface area contributed by atoms with E-state index in [9.17, 15) is 13.2 Å². The number of aromatic nitrogens is 2. The molecule has 1 aromatic heterocycles. The van der Waals surface area contributed by atoms with E-state index in [2.05, 4.69) is 14.1 Å². The first-order valence-corrected chi connectivity index (χ1v) is 10.5. The van der Waals surface area contributed by atoms with Gasteiger partial charge in [-0.25, -0.2) is 8.42 Å². The molecule has 1 unspecified atom stereocenters. The number of hydrogen-bond acceptors (Lipinski definition) is 7. The number of fused-ring (bicyclic) bond motifs is 1. The number of benzene rings is 1. The summed E-state index contributed by atoms with van der Waals surface area (Å²) in [5, 5.41) is 3.05. The first-order valence-electron chi connectivity index (χ1n) is 8.29. The number of piperazine rings is 1. The zero-order valence-corrected chi connectivity index (χ0v) is 15.2. The molecule has 4 rings (SSSR count). The molecule has 2 aliphatic rings. The molecular formula is C15H19N5O3S2. The Hall–Kier alpha value is -1.62. The quantitative estimate of drug-likeness (QED) is 0.820. The average molecular weight is 381 g/mol. The number of nitrogens with zero attached hydrogens (tertiary/aromatic N) is 4. The van der Waals surface area contributed by atoms with Crippen LogP contribution in [0.3, 0.4) is 0 Å². The number of hydrogen-bond donors (Lipinski definition) is 1. The van der Waals surface area contributed by atoms with Crippen LogP contribution in [0.25, 0.3) is 11.0 Å². The van der Waals surface area contributed by atoms with Crippen LogP contribution in [0.15, 0.2) is 23.1 Å². The third-order valence-corrected chi connectivity index (χ3v) is 7.23. The fourth-order valence-electron chi connectivity index (χ4n) is 3.53. The zero-order chi connectivity index (χ0) is 17.4.